The molecule has 1 aliphatic rings. The maximum Gasteiger partial charge on any atom is 0.142 e. The lowest BCUT2D eigenvalue weighted by molar-refractivity contribution is -0.123. The van der Waals surface area contributed by atoms with E-state index in [0.29, 0.717) is 6.42 Å². The summed E-state index contributed by atoms with van der Waals surface area (Å²) in [7, 11) is 1.89. The highest BCUT2D eigenvalue weighted by molar-refractivity contribution is 5.85. The first-order valence-electron chi connectivity index (χ1n) is 8.67. The zero-order valence-corrected chi connectivity index (χ0v) is 14.3. The Labute approximate surface area is 146 Å². The maximum atomic E-state index is 12.5. The number of nitrogens with one attached hydrogen (secondary N) is 1. The minimum atomic E-state index is 0.161. The molecule has 1 N–H and O–H groups in total. The molecule has 1 aliphatic heterocycles. The largest absolute Gasteiger partial charge is 0.317 e. The van der Waals surface area contributed by atoms with Crippen molar-refractivity contribution in [3.05, 3.63) is 42.5 Å². The fraction of sp³-hybridized carbons (Fsp3) is 0.368. The molecular formula is C19H21N5O. The van der Waals surface area contributed by atoms with Gasteiger partial charge < -0.3 is 5.32 Å². The van der Waals surface area contributed by atoms with Crippen molar-refractivity contribution >= 4 is 16.7 Å². The molecule has 1 saturated heterocycles. The van der Waals surface area contributed by atoms with Crippen molar-refractivity contribution in [2.75, 3.05) is 13.1 Å². The predicted molar refractivity (Wildman–Crippen MR) is 96.0 cm³/mol. The van der Waals surface area contributed by atoms with E-state index in [2.05, 4.69) is 15.4 Å². The first kappa shape index (κ1) is 15.9. The highest BCUT2D eigenvalue weighted by Crippen LogP contribution is 2.21. The van der Waals surface area contributed by atoms with Crippen LogP contribution in [-0.4, -0.2) is 38.6 Å². The number of aromatic nitrogens is 4. The minimum Gasteiger partial charge on any atom is -0.317 e. The van der Waals surface area contributed by atoms with Crippen LogP contribution in [0, 0.1) is 5.92 Å². The van der Waals surface area contributed by atoms with Gasteiger partial charge in [0.2, 0.25) is 0 Å². The Morgan fingerprint density at radius 2 is 2.12 bits per heavy atom. The normalized spacial score (nSPS) is 15.6. The molecule has 25 heavy (non-hydrogen) atoms. The molecule has 1 fully saturated rings. The van der Waals surface area contributed by atoms with Crippen LogP contribution in [0.4, 0.5) is 0 Å². The standard InChI is InChI=1S/C19H21N5O/c1-24-12-15(11-22-24)17-3-2-14-10-21-16(8-18(14)23-17)9-19(25)13-4-6-20-7-5-13/h2-3,8,10-13,20H,4-7,9H2,1H3. The van der Waals surface area contributed by atoms with Crippen LogP contribution in [0.15, 0.2) is 36.8 Å². The third-order valence-electron chi connectivity index (χ3n) is 4.78. The quantitative estimate of drug-likeness (QED) is 0.791. The molecule has 0 unspecified atom stereocenters. The summed E-state index contributed by atoms with van der Waals surface area (Å²) in [5.41, 5.74) is 3.52. The third kappa shape index (κ3) is 3.44. The summed E-state index contributed by atoms with van der Waals surface area (Å²) in [6.45, 7) is 1.86. The molecule has 128 valence electrons. The molecule has 0 amide bonds. The van der Waals surface area contributed by atoms with Crippen molar-refractivity contribution in [3.63, 3.8) is 0 Å². The van der Waals surface area contributed by atoms with E-state index in [9.17, 15) is 4.79 Å². The SMILES string of the molecule is Cn1cc(-c2ccc3cnc(CC(=O)C4CCNCC4)cc3n2)cn1. The summed E-state index contributed by atoms with van der Waals surface area (Å²) < 4.78 is 1.76. The molecule has 0 saturated carbocycles. The summed E-state index contributed by atoms with van der Waals surface area (Å²) in [4.78, 5) is 21.7. The second-order valence-corrected chi connectivity index (χ2v) is 6.63. The van der Waals surface area contributed by atoms with Gasteiger partial charge in [-0.25, -0.2) is 4.98 Å². The van der Waals surface area contributed by atoms with Crippen LogP contribution in [-0.2, 0) is 18.3 Å². The number of nitrogens with zero attached hydrogens (tertiary/aromatic N) is 4. The zero-order chi connectivity index (χ0) is 17.2. The highest BCUT2D eigenvalue weighted by Gasteiger charge is 2.21. The van der Waals surface area contributed by atoms with Gasteiger partial charge in [0.05, 0.1) is 17.4 Å². The summed E-state index contributed by atoms with van der Waals surface area (Å²) in [6, 6.07) is 5.92. The molecule has 4 heterocycles. The lowest BCUT2D eigenvalue weighted by atomic mass is 9.91. The van der Waals surface area contributed by atoms with E-state index >= 15 is 0 Å². The number of fused-ring (bicyclic) bond motifs is 1. The van der Waals surface area contributed by atoms with Crippen molar-refractivity contribution in [2.24, 2.45) is 13.0 Å². The van der Waals surface area contributed by atoms with Gasteiger partial charge >= 0.3 is 0 Å². The lowest BCUT2D eigenvalue weighted by Gasteiger charge is -2.21. The highest BCUT2D eigenvalue weighted by atomic mass is 16.1. The first-order valence-corrected chi connectivity index (χ1v) is 8.67. The number of aryl methyl sites for hydroxylation is 1. The van der Waals surface area contributed by atoms with Gasteiger partial charge in [-0.2, -0.15) is 5.10 Å². The van der Waals surface area contributed by atoms with E-state index in [-0.39, 0.29) is 11.7 Å². The zero-order valence-electron chi connectivity index (χ0n) is 14.3. The summed E-state index contributed by atoms with van der Waals surface area (Å²) in [5.74, 6) is 0.449. The Kier molecular flexibility index (Phi) is 4.28. The molecule has 0 aromatic carbocycles. The molecule has 0 atom stereocenters. The average molecular weight is 335 g/mol. The number of rotatable bonds is 4. The molecular weight excluding hydrogens is 314 g/mol. The lowest BCUT2D eigenvalue weighted by Crippen LogP contribution is -2.32. The molecule has 6 nitrogen and oxygen atoms in total. The van der Waals surface area contributed by atoms with E-state index in [0.717, 1.165) is 53.8 Å². The van der Waals surface area contributed by atoms with Gasteiger partial charge in [0.25, 0.3) is 0 Å². The number of piperidine rings is 1. The van der Waals surface area contributed by atoms with E-state index in [1.165, 1.54) is 0 Å². The summed E-state index contributed by atoms with van der Waals surface area (Å²) >= 11 is 0. The summed E-state index contributed by atoms with van der Waals surface area (Å²) in [5, 5.41) is 8.47. The Morgan fingerprint density at radius 3 is 2.88 bits per heavy atom. The fourth-order valence-electron chi connectivity index (χ4n) is 3.34. The van der Waals surface area contributed by atoms with Gasteiger partial charge in [-0.1, -0.05) is 0 Å². The van der Waals surface area contributed by atoms with Crippen LogP contribution in [0.3, 0.4) is 0 Å². The first-order chi connectivity index (χ1) is 12.2. The second-order valence-electron chi connectivity index (χ2n) is 6.63. The number of pyridine rings is 2. The molecule has 6 heteroatoms. The molecule has 0 aliphatic carbocycles. The van der Waals surface area contributed by atoms with Gasteiger partial charge in [0, 0.05) is 48.4 Å². The van der Waals surface area contributed by atoms with Crippen molar-refractivity contribution in [2.45, 2.75) is 19.3 Å². The minimum absolute atomic E-state index is 0.161. The average Bonchev–Trinajstić information content (AvgIpc) is 3.08. The number of Topliss-reactive ketones (excluding diaryl/α,β-unsaturated/α-hetero) is 1. The smallest absolute Gasteiger partial charge is 0.142 e. The van der Waals surface area contributed by atoms with Gasteiger partial charge in [-0.05, 0) is 44.1 Å². The topological polar surface area (TPSA) is 72.7 Å². The van der Waals surface area contributed by atoms with Gasteiger partial charge in [-0.15, -0.1) is 0 Å². The van der Waals surface area contributed by atoms with Crippen molar-refractivity contribution < 1.29 is 4.79 Å². The van der Waals surface area contributed by atoms with E-state index in [1.54, 1.807) is 17.1 Å². The van der Waals surface area contributed by atoms with E-state index in [1.807, 2.05) is 31.4 Å². The van der Waals surface area contributed by atoms with Crippen molar-refractivity contribution in [1.82, 2.24) is 25.1 Å². The van der Waals surface area contributed by atoms with Crippen molar-refractivity contribution in [3.8, 4) is 11.3 Å². The van der Waals surface area contributed by atoms with Gasteiger partial charge in [-0.3, -0.25) is 14.5 Å². The van der Waals surface area contributed by atoms with Crippen LogP contribution in [0.2, 0.25) is 0 Å². The predicted octanol–water partition coefficient (Wildman–Crippen LogP) is 2.14. The van der Waals surface area contributed by atoms with E-state index < -0.39 is 0 Å². The van der Waals surface area contributed by atoms with Crippen LogP contribution in [0.25, 0.3) is 22.2 Å². The van der Waals surface area contributed by atoms with Crippen LogP contribution >= 0.6 is 0 Å². The maximum absolute atomic E-state index is 12.5. The number of carbonyl (C=O) groups excluding carboxylic acids is 1. The molecule has 0 bridgehead atoms. The molecule has 0 spiro atoms. The monoisotopic (exact) mass is 335 g/mol. The number of hydrogen-bond donors (Lipinski definition) is 1. The van der Waals surface area contributed by atoms with Crippen molar-refractivity contribution in [1.29, 1.82) is 0 Å². The number of carbonyl (C=O) groups is 1. The van der Waals surface area contributed by atoms with Crippen LogP contribution in [0.5, 0.6) is 0 Å². The molecule has 4 rings (SSSR count). The molecule has 3 aromatic heterocycles. The Balaban J connectivity index is 1.59. The number of ketones is 1. The van der Waals surface area contributed by atoms with Gasteiger partial charge in [0.15, 0.2) is 0 Å². The van der Waals surface area contributed by atoms with Crippen LogP contribution in [0.1, 0.15) is 18.5 Å². The third-order valence-corrected chi connectivity index (χ3v) is 4.78. The second kappa shape index (κ2) is 6.72. The Bertz CT molecular complexity index is 911. The Hall–Kier alpha value is -2.60. The summed E-state index contributed by atoms with van der Waals surface area (Å²) in [6.07, 6.45) is 7.79. The molecule has 3 aromatic rings. The van der Waals surface area contributed by atoms with Gasteiger partial charge in [0.1, 0.15) is 5.78 Å². The number of hydrogen-bond acceptors (Lipinski definition) is 5. The van der Waals surface area contributed by atoms with Crippen LogP contribution < -0.4 is 5.32 Å². The Morgan fingerprint density at radius 1 is 1.28 bits per heavy atom. The molecule has 0 radical (unpaired) electrons. The fourth-order valence-corrected chi connectivity index (χ4v) is 3.34. The van der Waals surface area contributed by atoms with E-state index in [4.69, 9.17) is 4.98 Å².